The number of rotatable bonds is 2. The molecule has 4 aromatic carbocycles. The van der Waals surface area contributed by atoms with E-state index in [-0.39, 0.29) is 39.9 Å². The fourth-order valence-corrected chi connectivity index (χ4v) is 2.66. The minimum Gasteiger partial charge on any atom is -0.871 e. The molecule has 137 valence electrons. The Balaban J connectivity index is 0.000000187. The second-order valence-corrected chi connectivity index (χ2v) is 5.45. The van der Waals surface area contributed by atoms with E-state index in [0.29, 0.717) is 10.8 Å². The van der Waals surface area contributed by atoms with Gasteiger partial charge in [-0.05, 0) is 21.1 Å². The number of hydrogen-bond acceptors (Lipinski definition) is 6. The maximum absolute atomic E-state index is 11.2. The van der Waals surface area contributed by atoms with E-state index in [1.54, 1.807) is 36.4 Å². The van der Waals surface area contributed by atoms with Crippen LogP contribution in [0, 0.1) is 9.81 Å². The number of hydrogen-bond donors (Lipinski definition) is 0. The van der Waals surface area contributed by atoms with E-state index in [9.17, 15) is 20.0 Å². The van der Waals surface area contributed by atoms with Gasteiger partial charge in [0.25, 0.3) is 0 Å². The van der Waals surface area contributed by atoms with E-state index >= 15 is 0 Å². The molecule has 4 rings (SSSR count). The van der Waals surface area contributed by atoms with Crippen LogP contribution >= 0.6 is 0 Å². The van der Waals surface area contributed by atoms with Crippen LogP contribution in [0.3, 0.4) is 0 Å². The molecule has 6 nitrogen and oxygen atoms in total. The molecule has 0 atom stereocenters. The Bertz CT molecular complexity index is 1030. The van der Waals surface area contributed by atoms with Crippen molar-refractivity contribution in [2.24, 2.45) is 10.4 Å². The molecule has 1 radical (unpaired) electrons. The van der Waals surface area contributed by atoms with Gasteiger partial charge in [-0.2, -0.15) is 0 Å². The molecule has 0 fully saturated rings. The number of nitrogens with zero attached hydrogens (tertiary/aromatic N) is 2. The molecule has 0 aliphatic rings. The van der Waals surface area contributed by atoms with Gasteiger partial charge in [-0.1, -0.05) is 84.3 Å². The minimum atomic E-state index is -0.325. The summed E-state index contributed by atoms with van der Waals surface area (Å²) < 4.78 is 0. The third-order valence-electron chi connectivity index (χ3n) is 3.91. The maximum atomic E-state index is 11.2. The van der Waals surface area contributed by atoms with Crippen LogP contribution < -0.4 is 10.2 Å². The molecule has 7 heteroatoms. The van der Waals surface area contributed by atoms with E-state index in [4.69, 9.17) is 0 Å². The minimum absolute atomic E-state index is 0. The van der Waals surface area contributed by atoms with Crippen LogP contribution in [0.2, 0.25) is 0 Å². The fourth-order valence-electron chi connectivity index (χ4n) is 2.66. The fraction of sp³-hybridized carbons (Fsp3) is 0. The van der Waals surface area contributed by atoms with Gasteiger partial charge in [-0.25, -0.2) is 0 Å². The molecule has 0 aliphatic heterocycles. The van der Waals surface area contributed by atoms with Crippen LogP contribution in [0.1, 0.15) is 0 Å². The monoisotopic (exact) mass is 407 g/mol. The molecular formula is C20H12CuN2O4. The zero-order chi connectivity index (χ0) is 18.5. The van der Waals surface area contributed by atoms with Crippen molar-refractivity contribution in [3.05, 3.63) is 82.6 Å². The first kappa shape index (κ1) is 20.0. The molecule has 27 heavy (non-hydrogen) atoms. The van der Waals surface area contributed by atoms with Gasteiger partial charge in [0.05, 0.1) is 0 Å². The van der Waals surface area contributed by atoms with Gasteiger partial charge >= 0.3 is 17.1 Å². The van der Waals surface area contributed by atoms with E-state index in [2.05, 4.69) is 10.4 Å². The molecule has 0 amide bonds. The molecule has 0 unspecified atom stereocenters. The topological polar surface area (TPSA) is 105 Å². The summed E-state index contributed by atoms with van der Waals surface area (Å²) in [5.41, 5.74) is -0.00352. The van der Waals surface area contributed by atoms with Crippen LogP contribution in [-0.2, 0) is 17.1 Å². The van der Waals surface area contributed by atoms with E-state index in [0.717, 1.165) is 10.8 Å². The normalized spacial score (nSPS) is 9.78. The Kier molecular flexibility index (Phi) is 6.60. The largest absolute Gasteiger partial charge is 2.00 e. The summed E-state index contributed by atoms with van der Waals surface area (Å²) >= 11 is 0. The Morgan fingerprint density at radius 1 is 0.556 bits per heavy atom. The Labute approximate surface area is 164 Å². The summed E-state index contributed by atoms with van der Waals surface area (Å²) in [7, 11) is 0. The summed E-state index contributed by atoms with van der Waals surface area (Å²) in [6.07, 6.45) is 0. The standard InChI is InChI=1S/2C10H7NO2.Cu/c2*12-9-6-5-7-3-1-2-4-8(7)10(9)11-13;/h2*1-6,12H;/q;;+2/p-2. The number of fused-ring (bicyclic) bond motifs is 2. The SMILES string of the molecule is O=Nc1c([O-])ccc2ccccc12.O=Nc1c([O-])ccc2ccccc12.[Cu+2]. The first-order chi connectivity index (χ1) is 12.7. The molecule has 0 saturated heterocycles. The quantitative estimate of drug-likeness (QED) is 0.357. The third kappa shape index (κ3) is 4.11. The van der Waals surface area contributed by atoms with Crippen LogP contribution in [0.15, 0.2) is 83.2 Å². The summed E-state index contributed by atoms with van der Waals surface area (Å²) in [4.78, 5) is 20.8. The summed E-state index contributed by atoms with van der Waals surface area (Å²) in [6, 6.07) is 20.4. The maximum Gasteiger partial charge on any atom is 2.00 e. The molecule has 0 saturated carbocycles. The average Bonchev–Trinajstić information content (AvgIpc) is 2.68. The van der Waals surface area contributed by atoms with Crippen LogP contribution in [0.4, 0.5) is 11.4 Å². The van der Waals surface area contributed by atoms with Gasteiger partial charge in [0.2, 0.25) is 0 Å². The van der Waals surface area contributed by atoms with E-state index < -0.39 is 0 Å². The third-order valence-corrected chi connectivity index (χ3v) is 3.91. The zero-order valence-electron chi connectivity index (χ0n) is 13.8. The van der Waals surface area contributed by atoms with Crippen molar-refractivity contribution in [1.82, 2.24) is 0 Å². The van der Waals surface area contributed by atoms with Gasteiger partial charge in [0, 0.05) is 10.8 Å². The van der Waals surface area contributed by atoms with Crippen molar-refractivity contribution >= 4 is 32.9 Å². The molecule has 0 N–H and O–H groups in total. The molecule has 0 aromatic heterocycles. The molecule has 0 spiro atoms. The summed E-state index contributed by atoms with van der Waals surface area (Å²) in [5.74, 6) is -0.651. The van der Waals surface area contributed by atoms with Gasteiger partial charge in [0.15, 0.2) is 0 Å². The van der Waals surface area contributed by atoms with Gasteiger partial charge in [0.1, 0.15) is 11.4 Å². The summed E-state index contributed by atoms with van der Waals surface area (Å²) in [5, 5.41) is 30.8. The predicted molar refractivity (Wildman–Crippen MR) is 97.7 cm³/mol. The zero-order valence-corrected chi connectivity index (χ0v) is 14.7. The smallest absolute Gasteiger partial charge is 0.871 e. The number of benzene rings is 4. The van der Waals surface area contributed by atoms with Crippen LogP contribution in [0.25, 0.3) is 21.5 Å². The first-order valence-corrected chi connectivity index (χ1v) is 7.70. The van der Waals surface area contributed by atoms with Gasteiger partial charge in [-0.3, -0.25) is 0 Å². The van der Waals surface area contributed by atoms with E-state index in [1.165, 1.54) is 12.1 Å². The van der Waals surface area contributed by atoms with Crippen molar-refractivity contribution in [1.29, 1.82) is 0 Å². The van der Waals surface area contributed by atoms with Crippen molar-refractivity contribution < 1.29 is 27.3 Å². The average molecular weight is 408 g/mol. The first-order valence-electron chi connectivity index (χ1n) is 7.70. The molecule has 4 aromatic rings. The van der Waals surface area contributed by atoms with Crippen LogP contribution in [0.5, 0.6) is 11.5 Å². The Hall–Kier alpha value is -3.28. The molecular weight excluding hydrogens is 396 g/mol. The van der Waals surface area contributed by atoms with E-state index in [1.807, 2.05) is 24.3 Å². The summed E-state index contributed by atoms with van der Waals surface area (Å²) in [6.45, 7) is 0. The molecule has 0 aliphatic carbocycles. The second kappa shape index (κ2) is 8.89. The second-order valence-electron chi connectivity index (χ2n) is 5.45. The predicted octanol–water partition coefficient (Wildman–Crippen LogP) is 4.62. The van der Waals surface area contributed by atoms with Crippen molar-refractivity contribution in [2.75, 3.05) is 0 Å². The van der Waals surface area contributed by atoms with Gasteiger partial charge < -0.3 is 10.2 Å². The Morgan fingerprint density at radius 3 is 1.30 bits per heavy atom. The van der Waals surface area contributed by atoms with Gasteiger partial charge in [-0.15, -0.1) is 9.81 Å². The van der Waals surface area contributed by atoms with Crippen molar-refractivity contribution in [3.63, 3.8) is 0 Å². The molecule has 0 heterocycles. The Morgan fingerprint density at radius 2 is 0.926 bits per heavy atom. The number of nitroso groups, excluding NO2 is 2. The van der Waals surface area contributed by atoms with Crippen LogP contribution in [-0.4, -0.2) is 0 Å². The van der Waals surface area contributed by atoms with Crippen molar-refractivity contribution in [2.45, 2.75) is 0 Å². The van der Waals surface area contributed by atoms with Crippen molar-refractivity contribution in [3.8, 4) is 11.5 Å². The molecule has 0 bridgehead atoms.